The standard InChI is InChI=1S/2C8H18.14CH4/c2*1-4-5-6-7-8(2)3;;;;;;;;;;;;;;/h2*8H,4-7H2,1-3H3;14*1H4. The fraction of sp³-hybridized carbons (Fsp3) is 1.00. The maximum Gasteiger partial charge on any atom is -0.0471 e. The smallest absolute Gasteiger partial charge is 0.0471 e. The van der Waals surface area contributed by atoms with Gasteiger partial charge in [0.05, 0.1) is 0 Å². The second-order valence-corrected chi connectivity index (χ2v) is 5.78. The molecule has 0 atom stereocenters. The summed E-state index contributed by atoms with van der Waals surface area (Å²) in [5.41, 5.74) is 0. The van der Waals surface area contributed by atoms with Crippen LogP contribution in [0.2, 0.25) is 0 Å². The van der Waals surface area contributed by atoms with E-state index in [1.54, 1.807) is 0 Å². The summed E-state index contributed by atoms with van der Waals surface area (Å²) in [6.07, 6.45) is 11.2. The third-order valence-electron chi connectivity index (χ3n) is 2.77. The SMILES string of the molecule is C.C.C.C.C.C.C.C.C.C.C.C.C.C.CCCCCC(C)C.CCCCCC(C)C. The topological polar surface area (TPSA) is 0 Å². The van der Waals surface area contributed by atoms with Crippen molar-refractivity contribution in [2.75, 3.05) is 0 Å². The van der Waals surface area contributed by atoms with Crippen LogP contribution in [0.5, 0.6) is 0 Å². The Kier molecular flexibility index (Phi) is 498. The summed E-state index contributed by atoms with van der Waals surface area (Å²) < 4.78 is 0. The van der Waals surface area contributed by atoms with Crippen LogP contribution in [0.25, 0.3) is 0 Å². The Bertz CT molecular complexity index is 88.6. The first-order valence-electron chi connectivity index (χ1n) is 7.54. The number of hydrogen-bond donors (Lipinski definition) is 0. The maximum absolute atomic E-state index is 2.29. The van der Waals surface area contributed by atoms with Crippen LogP contribution >= 0.6 is 0 Å². The molecule has 0 aromatic rings. The molecule has 0 fully saturated rings. The van der Waals surface area contributed by atoms with Gasteiger partial charge in [0.25, 0.3) is 0 Å². The molecule has 0 rings (SSSR count). The van der Waals surface area contributed by atoms with Crippen molar-refractivity contribution in [2.24, 2.45) is 11.8 Å². The van der Waals surface area contributed by atoms with Crippen molar-refractivity contribution < 1.29 is 0 Å². The molecular formula is C30H92. The van der Waals surface area contributed by atoms with Crippen molar-refractivity contribution in [3.8, 4) is 0 Å². The molecule has 0 spiro atoms. The van der Waals surface area contributed by atoms with Gasteiger partial charge in [0, 0.05) is 0 Å². The van der Waals surface area contributed by atoms with E-state index in [1.807, 2.05) is 0 Å². The minimum Gasteiger partial charge on any atom is -0.0776 e. The zero-order valence-corrected chi connectivity index (χ0v) is 12.8. The first-order valence-corrected chi connectivity index (χ1v) is 7.54. The molecule has 0 heterocycles. The minimum absolute atomic E-state index is 0. The highest BCUT2D eigenvalue weighted by molar-refractivity contribution is 4.45. The Morgan fingerprint density at radius 3 is 0.600 bits per heavy atom. The number of hydrogen-bond acceptors (Lipinski definition) is 0. The lowest BCUT2D eigenvalue weighted by Gasteiger charge is -2.00. The van der Waals surface area contributed by atoms with Crippen LogP contribution in [0.15, 0.2) is 0 Å². The average molecular weight is 453 g/mol. The van der Waals surface area contributed by atoms with Crippen molar-refractivity contribution in [1.82, 2.24) is 0 Å². The molecule has 212 valence electrons. The summed E-state index contributed by atoms with van der Waals surface area (Å²) in [6, 6.07) is 0. The van der Waals surface area contributed by atoms with Crippen molar-refractivity contribution in [3.63, 3.8) is 0 Å². The summed E-state index contributed by atoms with van der Waals surface area (Å²) in [5.74, 6) is 1.81. The molecule has 0 aromatic carbocycles. The van der Waals surface area contributed by atoms with Crippen LogP contribution < -0.4 is 0 Å². The Hall–Kier alpha value is 0. The molecule has 0 aliphatic heterocycles. The fourth-order valence-electron chi connectivity index (χ4n) is 1.61. The first kappa shape index (κ1) is 129. The average Bonchev–Trinajstić information content (AvgIpc) is 2.18. The highest BCUT2D eigenvalue weighted by Gasteiger charge is 1.91. The predicted molar refractivity (Wildman–Crippen MR) is 172 cm³/mol. The summed E-state index contributed by atoms with van der Waals surface area (Å²) in [6.45, 7) is 13.7. The van der Waals surface area contributed by atoms with Crippen LogP contribution in [0, 0.1) is 11.8 Å². The molecule has 0 aromatic heterocycles. The zero-order chi connectivity index (χ0) is 12.8. The maximum atomic E-state index is 2.29. The molecule has 0 unspecified atom stereocenters. The monoisotopic (exact) mass is 453 g/mol. The molecule has 0 amide bonds. The number of unbranched alkanes of at least 4 members (excludes halogenated alkanes) is 4. The molecule has 0 aliphatic carbocycles. The largest absolute Gasteiger partial charge is 0.0776 e. The lowest BCUT2D eigenvalue weighted by atomic mass is 10.1. The van der Waals surface area contributed by atoms with E-state index in [2.05, 4.69) is 41.5 Å². The Morgan fingerprint density at radius 1 is 0.333 bits per heavy atom. The van der Waals surface area contributed by atoms with Gasteiger partial charge in [-0.05, 0) is 11.8 Å². The van der Waals surface area contributed by atoms with E-state index in [0.29, 0.717) is 0 Å². The fourth-order valence-corrected chi connectivity index (χ4v) is 1.61. The van der Waals surface area contributed by atoms with Crippen molar-refractivity contribution >= 4 is 0 Å². The van der Waals surface area contributed by atoms with Crippen LogP contribution in [0.1, 0.15) is 197 Å². The third-order valence-corrected chi connectivity index (χ3v) is 2.77. The Labute approximate surface area is 208 Å². The van der Waals surface area contributed by atoms with Gasteiger partial charge in [-0.1, -0.05) is 197 Å². The molecule has 0 nitrogen and oxygen atoms in total. The molecule has 0 aliphatic rings. The second kappa shape index (κ2) is 116. The van der Waals surface area contributed by atoms with E-state index in [0.717, 1.165) is 11.8 Å². The quantitative estimate of drug-likeness (QED) is 0.321. The van der Waals surface area contributed by atoms with Crippen molar-refractivity contribution in [1.29, 1.82) is 0 Å². The number of rotatable bonds is 8. The van der Waals surface area contributed by atoms with Gasteiger partial charge in [-0.3, -0.25) is 0 Å². The minimum atomic E-state index is 0. The third kappa shape index (κ3) is 204. The van der Waals surface area contributed by atoms with Gasteiger partial charge in [-0.2, -0.15) is 0 Å². The Balaban J connectivity index is -0.00000000636. The van der Waals surface area contributed by atoms with Gasteiger partial charge in [0.15, 0.2) is 0 Å². The molecule has 0 bridgehead atoms. The molecule has 0 radical (unpaired) electrons. The van der Waals surface area contributed by atoms with Gasteiger partial charge < -0.3 is 0 Å². The van der Waals surface area contributed by atoms with E-state index in [1.165, 1.54) is 51.4 Å². The molecule has 0 saturated carbocycles. The van der Waals surface area contributed by atoms with Gasteiger partial charge in [0.2, 0.25) is 0 Å². The van der Waals surface area contributed by atoms with Gasteiger partial charge in [-0.15, -0.1) is 0 Å². The second-order valence-electron chi connectivity index (χ2n) is 5.78. The van der Waals surface area contributed by atoms with Crippen molar-refractivity contribution in [2.45, 2.75) is 197 Å². The lowest BCUT2D eigenvalue weighted by Crippen LogP contribution is -1.85. The van der Waals surface area contributed by atoms with E-state index in [-0.39, 0.29) is 104 Å². The summed E-state index contributed by atoms with van der Waals surface area (Å²) in [4.78, 5) is 0. The Morgan fingerprint density at radius 2 is 0.500 bits per heavy atom. The molecule has 0 heteroatoms. The molecule has 0 saturated heterocycles. The van der Waals surface area contributed by atoms with E-state index in [9.17, 15) is 0 Å². The lowest BCUT2D eigenvalue weighted by molar-refractivity contribution is 0.534. The van der Waals surface area contributed by atoms with E-state index in [4.69, 9.17) is 0 Å². The van der Waals surface area contributed by atoms with E-state index < -0.39 is 0 Å². The van der Waals surface area contributed by atoms with E-state index >= 15 is 0 Å². The molecular weight excluding hydrogens is 360 g/mol. The molecule has 30 heavy (non-hydrogen) atoms. The van der Waals surface area contributed by atoms with Crippen LogP contribution in [-0.4, -0.2) is 0 Å². The van der Waals surface area contributed by atoms with Gasteiger partial charge in [-0.25, -0.2) is 0 Å². The predicted octanol–water partition coefficient (Wildman–Crippen LogP) is 15.4. The van der Waals surface area contributed by atoms with Gasteiger partial charge >= 0.3 is 0 Å². The summed E-state index contributed by atoms with van der Waals surface area (Å²) in [7, 11) is 0. The summed E-state index contributed by atoms with van der Waals surface area (Å²) in [5, 5.41) is 0. The van der Waals surface area contributed by atoms with Gasteiger partial charge in [0.1, 0.15) is 0 Å². The van der Waals surface area contributed by atoms with Crippen LogP contribution in [0.4, 0.5) is 0 Å². The van der Waals surface area contributed by atoms with Crippen molar-refractivity contribution in [3.05, 3.63) is 0 Å². The zero-order valence-electron chi connectivity index (χ0n) is 12.8. The highest BCUT2D eigenvalue weighted by atomic mass is 14.0. The molecule has 0 N–H and O–H groups in total. The highest BCUT2D eigenvalue weighted by Crippen LogP contribution is 2.07. The van der Waals surface area contributed by atoms with Crippen LogP contribution in [-0.2, 0) is 0 Å². The van der Waals surface area contributed by atoms with Crippen LogP contribution in [0.3, 0.4) is 0 Å². The normalized spacial score (nSPS) is 5.60. The first-order chi connectivity index (χ1) is 7.54. The summed E-state index contributed by atoms with van der Waals surface area (Å²) >= 11 is 0.